The van der Waals surface area contributed by atoms with E-state index < -0.39 is 0 Å². The summed E-state index contributed by atoms with van der Waals surface area (Å²) >= 11 is 0. The summed E-state index contributed by atoms with van der Waals surface area (Å²) < 4.78 is 0. The minimum absolute atomic E-state index is 0.290. The van der Waals surface area contributed by atoms with Crippen molar-refractivity contribution in [3.63, 3.8) is 0 Å². The Morgan fingerprint density at radius 2 is 1.28 bits per heavy atom. The third-order valence-corrected chi connectivity index (χ3v) is 4.35. The Kier molecular flexibility index (Phi) is 2.74. The molecule has 0 heterocycles. The Labute approximate surface area is 110 Å². The quantitative estimate of drug-likeness (QED) is 0.704. The van der Waals surface area contributed by atoms with E-state index in [4.69, 9.17) is 0 Å². The van der Waals surface area contributed by atoms with Gasteiger partial charge < -0.3 is 0 Å². The van der Waals surface area contributed by atoms with Crippen LogP contribution in [0.4, 0.5) is 0 Å². The molecule has 1 fully saturated rings. The number of benzene rings is 2. The van der Waals surface area contributed by atoms with Crippen LogP contribution in [0.3, 0.4) is 0 Å². The van der Waals surface area contributed by atoms with Gasteiger partial charge in [0.05, 0.1) is 0 Å². The minimum Gasteiger partial charge on any atom is -0.0617 e. The molecular weight excluding hydrogens is 216 g/mol. The second-order valence-electron chi connectivity index (χ2n) is 5.67. The van der Waals surface area contributed by atoms with Gasteiger partial charge in [-0.05, 0) is 37.8 Å². The molecule has 0 N–H and O–H groups in total. The zero-order valence-electron chi connectivity index (χ0n) is 11.2. The van der Waals surface area contributed by atoms with E-state index in [-0.39, 0.29) is 5.41 Å². The van der Waals surface area contributed by atoms with E-state index in [0.29, 0.717) is 0 Å². The third-order valence-electron chi connectivity index (χ3n) is 4.35. The molecule has 0 nitrogen and oxygen atoms in total. The molecule has 1 aliphatic carbocycles. The van der Waals surface area contributed by atoms with Crippen LogP contribution in [0.25, 0.3) is 0 Å². The molecule has 0 aliphatic heterocycles. The van der Waals surface area contributed by atoms with Crippen LogP contribution in [0.2, 0.25) is 0 Å². The van der Waals surface area contributed by atoms with Crippen LogP contribution < -0.4 is 0 Å². The van der Waals surface area contributed by atoms with Crippen molar-refractivity contribution in [3.05, 3.63) is 70.8 Å². The van der Waals surface area contributed by atoms with Gasteiger partial charge in [0.1, 0.15) is 0 Å². The lowest BCUT2D eigenvalue weighted by Crippen LogP contribution is -2.35. The molecular formula is C18H20. The average Bonchev–Trinajstić information content (AvgIpc) is 2.28. The maximum atomic E-state index is 2.36. The maximum Gasteiger partial charge on any atom is 0.0203 e. The Bertz CT molecular complexity index is 514. The Balaban J connectivity index is 2.10. The molecule has 2 aromatic rings. The Morgan fingerprint density at radius 3 is 1.61 bits per heavy atom. The summed E-state index contributed by atoms with van der Waals surface area (Å²) in [6.07, 6.45) is 3.93. The number of aryl methyl sites for hydroxylation is 2. The van der Waals surface area contributed by atoms with Gasteiger partial charge in [-0.15, -0.1) is 0 Å². The van der Waals surface area contributed by atoms with Crippen molar-refractivity contribution in [1.29, 1.82) is 0 Å². The van der Waals surface area contributed by atoms with Gasteiger partial charge in [-0.25, -0.2) is 0 Å². The summed E-state index contributed by atoms with van der Waals surface area (Å²) in [4.78, 5) is 0. The third kappa shape index (κ3) is 1.77. The molecule has 0 bridgehead atoms. The standard InChI is InChI=1S/C18H20/c1-14-6-3-8-16(12-14)18(10-5-11-18)17-9-4-7-15(2)13-17/h3-4,6-9,12-13H,5,10-11H2,1-2H3. The lowest BCUT2D eigenvalue weighted by atomic mass is 9.60. The predicted molar refractivity (Wildman–Crippen MR) is 77.0 cm³/mol. The summed E-state index contributed by atoms with van der Waals surface area (Å²) in [6, 6.07) is 18.1. The van der Waals surface area contributed by atoms with Crippen LogP contribution in [0, 0.1) is 13.8 Å². The van der Waals surface area contributed by atoms with E-state index in [2.05, 4.69) is 62.4 Å². The molecule has 3 rings (SSSR count). The molecule has 0 amide bonds. The van der Waals surface area contributed by atoms with E-state index in [0.717, 1.165) is 0 Å². The lowest BCUT2D eigenvalue weighted by molar-refractivity contribution is 0.301. The van der Waals surface area contributed by atoms with Crippen LogP contribution in [0.1, 0.15) is 41.5 Å². The maximum absolute atomic E-state index is 2.36. The van der Waals surface area contributed by atoms with Gasteiger partial charge in [0.15, 0.2) is 0 Å². The lowest BCUT2D eigenvalue weighted by Gasteiger charge is -2.43. The molecule has 2 aromatic carbocycles. The predicted octanol–water partition coefficient (Wildman–Crippen LogP) is 4.77. The first kappa shape index (κ1) is 11.5. The molecule has 92 valence electrons. The molecule has 0 saturated heterocycles. The summed E-state index contributed by atoms with van der Waals surface area (Å²) in [6.45, 7) is 4.37. The van der Waals surface area contributed by atoms with E-state index in [1.54, 1.807) is 0 Å². The topological polar surface area (TPSA) is 0 Å². The molecule has 18 heavy (non-hydrogen) atoms. The summed E-state index contributed by atoms with van der Waals surface area (Å²) in [5, 5.41) is 0. The van der Waals surface area contributed by atoms with Gasteiger partial charge in [0, 0.05) is 5.41 Å². The van der Waals surface area contributed by atoms with Crippen LogP contribution in [-0.2, 0) is 5.41 Å². The highest BCUT2D eigenvalue weighted by atomic mass is 14.4. The molecule has 1 aliphatic rings. The smallest absolute Gasteiger partial charge is 0.0203 e. The van der Waals surface area contributed by atoms with E-state index in [1.807, 2.05) is 0 Å². The van der Waals surface area contributed by atoms with Crippen LogP contribution in [0.5, 0.6) is 0 Å². The Hall–Kier alpha value is -1.56. The van der Waals surface area contributed by atoms with Gasteiger partial charge >= 0.3 is 0 Å². The zero-order chi connectivity index (χ0) is 12.6. The highest BCUT2D eigenvalue weighted by Gasteiger charge is 2.40. The molecule has 0 atom stereocenters. The Morgan fingerprint density at radius 1 is 0.778 bits per heavy atom. The molecule has 0 unspecified atom stereocenters. The second kappa shape index (κ2) is 4.28. The van der Waals surface area contributed by atoms with E-state index in [1.165, 1.54) is 41.5 Å². The first-order chi connectivity index (χ1) is 8.71. The summed E-state index contributed by atoms with van der Waals surface area (Å²) in [5.41, 5.74) is 6.02. The van der Waals surface area contributed by atoms with E-state index >= 15 is 0 Å². The van der Waals surface area contributed by atoms with Gasteiger partial charge in [0.25, 0.3) is 0 Å². The van der Waals surface area contributed by atoms with Gasteiger partial charge in [0.2, 0.25) is 0 Å². The largest absolute Gasteiger partial charge is 0.0617 e. The molecule has 0 spiro atoms. The number of hydrogen-bond donors (Lipinski definition) is 0. The van der Waals surface area contributed by atoms with Crippen molar-refractivity contribution in [2.75, 3.05) is 0 Å². The molecule has 0 heteroatoms. The first-order valence-electron chi connectivity index (χ1n) is 6.85. The molecule has 0 aromatic heterocycles. The monoisotopic (exact) mass is 236 g/mol. The average molecular weight is 236 g/mol. The molecule has 0 radical (unpaired) electrons. The van der Waals surface area contributed by atoms with Crippen molar-refractivity contribution in [2.24, 2.45) is 0 Å². The van der Waals surface area contributed by atoms with Crippen LogP contribution in [0.15, 0.2) is 48.5 Å². The number of rotatable bonds is 2. The van der Waals surface area contributed by atoms with Crippen LogP contribution in [-0.4, -0.2) is 0 Å². The zero-order valence-corrected chi connectivity index (χ0v) is 11.2. The second-order valence-corrected chi connectivity index (χ2v) is 5.67. The minimum atomic E-state index is 0.290. The summed E-state index contributed by atoms with van der Waals surface area (Å²) in [5.74, 6) is 0. The van der Waals surface area contributed by atoms with Gasteiger partial charge in [-0.3, -0.25) is 0 Å². The first-order valence-corrected chi connectivity index (χ1v) is 6.85. The number of hydrogen-bond acceptors (Lipinski definition) is 0. The van der Waals surface area contributed by atoms with Gasteiger partial charge in [-0.2, -0.15) is 0 Å². The highest BCUT2D eigenvalue weighted by molar-refractivity contribution is 5.44. The van der Waals surface area contributed by atoms with Crippen molar-refractivity contribution in [2.45, 2.75) is 38.5 Å². The SMILES string of the molecule is Cc1cccc(C2(c3cccc(C)c3)CCC2)c1. The fraction of sp³-hybridized carbons (Fsp3) is 0.333. The van der Waals surface area contributed by atoms with Crippen molar-refractivity contribution < 1.29 is 0 Å². The van der Waals surface area contributed by atoms with Crippen molar-refractivity contribution in [3.8, 4) is 0 Å². The van der Waals surface area contributed by atoms with Crippen molar-refractivity contribution >= 4 is 0 Å². The van der Waals surface area contributed by atoms with E-state index in [9.17, 15) is 0 Å². The molecule has 1 saturated carbocycles. The fourth-order valence-electron chi connectivity index (χ4n) is 3.16. The normalized spacial score (nSPS) is 17.2. The fourth-order valence-corrected chi connectivity index (χ4v) is 3.16. The van der Waals surface area contributed by atoms with Gasteiger partial charge in [-0.1, -0.05) is 66.1 Å². The van der Waals surface area contributed by atoms with Crippen LogP contribution >= 0.6 is 0 Å². The van der Waals surface area contributed by atoms with Crippen molar-refractivity contribution in [1.82, 2.24) is 0 Å². The highest BCUT2D eigenvalue weighted by Crippen LogP contribution is 2.49. The summed E-state index contributed by atoms with van der Waals surface area (Å²) in [7, 11) is 0.